The molecular formula is C16H15N3O2. The summed E-state index contributed by atoms with van der Waals surface area (Å²) in [7, 11) is 0. The van der Waals surface area contributed by atoms with E-state index >= 15 is 0 Å². The van der Waals surface area contributed by atoms with Gasteiger partial charge in [0.05, 0.1) is 12.5 Å². The zero-order valence-electron chi connectivity index (χ0n) is 11.4. The number of hydrogen-bond donors (Lipinski definition) is 1. The normalized spacial score (nSPS) is 16.2. The standard InChI is InChI=1S/C16H15N3O2/c20-13(11-5-6-11)9-14-18-16(19-21-14)15-12-4-2-1-3-10(12)7-8-17-15/h1-4,7-8,11,13,20H,5-6,9H2. The van der Waals surface area contributed by atoms with E-state index in [1.54, 1.807) is 6.20 Å². The highest BCUT2D eigenvalue weighted by atomic mass is 16.5. The van der Waals surface area contributed by atoms with Crippen molar-refractivity contribution in [3.63, 3.8) is 0 Å². The molecule has 1 aliphatic rings. The zero-order chi connectivity index (χ0) is 14.2. The molecule has 5 heteroatoms. The van der Waals surface area contributed by atoms with Gasteiger partial charge in [-0.05, 0) is 30.2 Å². The number of pyridine rings is 1. The van der Waals surface area contributed by atoms with Gasteiger partial charge >= 0.3 is 0 Å². The third kappa shape index (κ3) is 2.40. The number of fused-ring (bicyclic) bond motifs is 1. The first kappa shape index (κ1) is 12.5. The molecule has 1 fully saturated rings. The molecule has 4 rings (SSSR count). The molecule has 106 valence electrons. The Morgan fingerprint density at radius 1 is 1.24 bits per heavy atom. The molecule has 0 amide bonds. The molecule has 0 saturated heterocycles. The van der Waals surface area contributed by atoms with Gasteiger partial charge in [-0.25, -0.2) is 0 Å². The summed E-state index contributed by atoms with van der Waals surface area (Å²) in [5.41, 5.74) is 0.712. The lowest BCUT2D eigenvalue weighted by molar-refractivity contribution is 0.140. The molecule has 1 aliphatic carbocycles. The molecule has 1 unspecified atom stereocenters. The maximum absolute atomic E-state index is 9.95. The topological polar surface area (TPSA) is 72.0 Å². The SMILES string of the molecule is OC(Cc1nc(-c2nccc3ccccc23)no1)C1CC1. The van der Waals surface area contributed by atoms with Crippen LogP contribution in [0.3, 0.4) is 0 Å². The third-order valence-electron chi connectivity index (χ3n) is 3.90. The Hall–Kier alpha value is -2.27. The van der Waals surface area contributed by atoms with Gasteiger partial charge in [0.2, 0.25) is 11.7 Å². The van der Waals surface area contributed by atoms with E-state index in [0.29, 0.717) is 29.7 Å². The van der Waals surface area contributed by atoms with Crippen molar-refractivity contribution in [3.8, 4) is 11.5 Å². The molecular weight excluding hydrogens is 266 g/mol. The fourth-order valence-corrected chi connectivity index (χ4v) is 2.56. The van der Waals surface area contributed by atoms with E-state index in [0.717, 1.165) is 23.6 Å². The number of hydrogen-bond acceptors (Lipinski definition) is 5. The summed E-state index contributed by atoms with van der Waals surface area (Å²) >= 11 is 0. The molecule has 0 spiro atoms. The molecule has 1 saturated carbocycles. The highest BCUT2D eigenvalue weighted by molar-refractivity contribution is 5.92. The molecule has 2 aromatic heterocycles. The van der Waals surface area contributed by atoms with Crippen LogP contribution in [0.15, 0.2) is 41.1 Å². The minimum atomic E-state index is -0.376. The van der Waals surface area contributed by atoms with E-state index in [1.165, 1.54) is 0 Å². The van der Waals surface area contributed by atoms with Crippen molar-refractivity contribution in [2.24, 2.45) is 5.92 Å². The van der Waals surface area contributed by atoms with Crippen LogP contribution in [0.2, 0.25) is 0 Å². The van der Waals surface area contributed by atoms with Gasteiger partial charge in [0.25, 0.3) is 0 Å². The Morgan fingerprint density at radius 3 is 2.95 bits per heavy atom. The Labute approximate surface area is 121 Å². The molecule has 0 bridgehead atoms. The first-order valence-electron chi connectivity index (χ1n) is 7.16. The van der Waals surface area contributed by atoms with Crippen LogP contribution in [-0.2, 0) is 6.42 Å². The van der Waals surface area contributed by atoms with Gasteiger partial charge in [0, 0.05) is 11.6 Å². The molecule has 1 aromatic carbocycles. The lowest BCUT2D eigenvalue weighted by Gasteiger charge is -2.03. The van der Waals surface area contributed by atoms with Crippen molar-refractivity contribution >= 4 is 10.8 Å². The Morgan fingerprint density at radius 2 is 2.10 bits per heavy atom. The van der Waals surface area contributed by atoms with Crippen molar-refractivity contribution in [1.29, 1.82) is 0 Å². The summed E-state index contributed by atoms with van der Waals surface area (Å²) in [6.07, 6.45) is 3.97. The smallest absolute Gasteiger partial charge is 0.229 e. The lowest BCUT2D eigenvalue weighted by Crippen LogP contribution is -2.12. The highest BCUT2D eigenvalue weighted by Gasteiger charge is 2.31. The minimum Gasteiger partial charge on any atom is -0.392 e. The summed E-state index contributed by atoms with van der Waals surface area (Å²) in [5, 5.41) is 16.0. The summed E-state index contributed by atoms with van der Waals surface area (Å²) in [4.78, 5) is 8.75. The second-order valence-electron chi connectivity index (χ2n) is 5.50. The molecule has 5 nitrogen and oxygen atoms in total. The Kier molecular flexibility index (Phi) is 2.93. The zero-order valence-corrected chi connectivity index (χ0v) is 11.4. The molecule has 0 radical (unpaired) electrons. The van der Waals surface area contributed by atoms with E-state index < -0.39 is 0 Å². The van der Waals surface area contributed by atoms with E-state index in [9.17, 15) is 5.11 Å². The quantitative estimate of drug-likeness (QED) is 0.795. The van der Waals surface area contributed by atoms with Crippen LogP contribution in [-0.4, -0.2) is 26.3 Å². The van der Waals surface area contributed by atoms with Crippen molar-refractivity contribution < 1.29 is 9.63 Å². The monoisotopic (exact) mass is 281 g/mol. The summed E-state index contributed by atoms with van der Waals surface area (Å²) in [6.45, 7) is 0. The fraction of sp³-hybridized carbons (Fsp3) is 0.312. The predicted octanol–water partition coefficient (Wildman–Crippen LogP) is 2.60. The van der Waals surface area contributed by atoms with E-state index in [2.05, 4.69) is 15.1 Å². The maximum atomic E-state index is 9.95. The van der Waals surface area contributed by atoms with Gasteiger partial charge in [-0.1, -0.05) is 29.4 Å². The van der Waals surface area contributed by atoms with Crippen molar-refractivity contribution in [2.75, 3.05) is 0 Å². The van der Waals surface area contributed by atoms with Crippen LogP contribution in [0.1, 0.15) is 18.7 Å². The van der Waals surface area contributed by atoms with Gasteiger partial charge in [-0.15, -0.1) is 0 Å². The fourth-order valence-electron chi connectivity index (χ4n) is 2.56. The average Bonchev–Trinajstić information content (AvgIpc) is 3.27. The van der Waals surface area contributed by atoms with Gasteiger partial charge in [0.1, 0.15) is 5.69 Å². The van der Waals surface area contributed by atoms with Gasteiger partial charge < -0.3 is 9.63 Å². The Balaban J connectivity index is 1.67. The van der Waals surface area contributed by atoms with E-state index in [-0.39, 0.29) is 6.10 Å². The van der Waals surface area contributed by atoms with Crippen LogP contribution in [0.5, 0.6) is 0 Å². The lowest BCUT2D eigenvalue weighted by atomic mass is 10.1. The molecule has 2 heterocycles. The number of aliphatic hydroxyl groups excluding tert-OH is 1. The molecule has 3 aromatic rings. The van der Waals surface area contributed by atoms with Crippen LogP contribution >= 0.6 is 0 Å². The minimum absolute atomic E-state index is 0.376. The van der Waals surface area contributed by atoms with E-state index in [1.807, 2.05) is 30.3 Å². The number of nitrogens with zero attached hydrogens (tertiary/aromatic N) is 3. The van der Waals surface area contributed by atoms with Crippen LogP contribution in [0, 0.1) is 5.92 Å². The number of aliphatic hydroxyl groups is 1. The molecule has 21 heavy (non-hydrogen) atoms. The first-order valence-corrected chi connectivity index (χ1v) is 7.16. The van der Waals surface area contributed by atoms with Gasteiger partial charge in [0.15, 0.2) is 0 Å². The summed E-state index contributed by atoms with van der Waals surface area (Å²) in [5.74, 6) is 1.35. The second kappa shape index (κ2) is 4.93. The highest BCUT2D eigenvalue weighted by Crippen LogP contribution is 2.34. The Bertz CT molecular complexity index is 775. The van der Waals surface area contributed by atoms with Crippen LogP contribution in [0.25, 0.3) is 22.3 Å². The molecule has 1 N–H and O–H groups in total. The number of aromatic nitrogens is 3. The van der Waals surface area contributed by atoms with Crippen LogP contribution in [0.4, 0.5) is 0 Å². The van der Waals surface area contributed by atoms with Crippen molar-refractivity contribution in [1.82, 2.24) is 15.1 Å². The molecule has 0 aliphatic heterocycles. The van der Waals surface area contributed by atoms with E-state index in [4.69, 9.17) is 4.52 Å². The summed E-state index contributed by atoms with van der Waals surface area (Å²) < 4.78 is 5.26. The van der Waals surface area contributed by atoms with Crippen LogP contribution < -0.4 is 0 Å². The largest absolute Gasteiger partial charge is 0.392 e. The first-order chi connectivity index (χ1) is 10.3. The third-order valence-corrected chi connectivity index (χ3v) is 3.90. The van der Waals surface area contributed by atoms with Gasteiger partial charge in [-0.3, -0.25) is 4.98 Å². The van der Waals surface area contributed by atoms with Gasteiger partial charge in [-0.2, -0.15) is 4.98 Å². The number of rotatable bonds is 4. The van der Waals surface area contributed by atoms with Crippen molar-refractivity contribution in [2.45, 2.75) is 25.4 Å². The summed E-state index contributed by atoms with van der Waals surface area (Å²) in [6, 6.07) is 9.92. The number of benzene rings is 1. The maximum Gasteiger partial charge on any atom is 0.229 e. The molecule has 1 atom stereocenters. The van der Waals surface area contributed by atoms with Crippen molar-refractivity contribution in [3.05, 3.63) is 42.4 Å². The average molecular weight is 281 g/mol. The second-order valence-corrected chi connectivity index (χ2v) is 5.50. The predicted molar refractivity (Wildman–Crippen MR) is 77.5 cm³/mol.